The molecule has 0 spiro atoms. The fourth-order valence-corrected chi connectivity index (χ4v) is 1.73. The van der Waals surface area contributed by atoms with Crippen LogP contribution in [-0.4, -0.2) is 22.4 Å². The lowest BCUT2D eigenvalue weighted by molar-refractivity contribution is 0.923. The Bertz CT molecular complexity index is 240. The van der Waals surface area contributed by atoms with Gasteiger partial charge in [-0.2, -0.15) is 9.36 Å². The van der Waals surface area contributed by atoms with E-state index in [2.05, 4.69) is 14.3 Å². The lowest BCUT2D eigenvalue weighted by atomic mass is 10.4. The molecule has 0 aromatic carbocycles. The molecule has 2 heterocycles. The molecule has 1 fully saturated rings. The van der Waals surface area contributed by atoms with Crippen LogP contribution < -0.4 is 10.6 Å². The van der Waals surface area contributed by atoms with Gasteiger partial charge in [-0.1, -0.05) is 0 Å². The topological polar surface area (TPSA) is 55.0 Å². The molecule has 1 aliphatic heterocycles. The van der Waals surface area contributed by atoms with Gasteiger partial charge in [-0.25, -0.2) is 0 Å². The number of anilines is 2. The van der Waals surface area contributed by atoms with Crippen molar-refractivity contribution in [2.45, 2.75) is 12.8 Å². The summed E-state index contributed by atoms with van der Waals surface area (Å²) in [5.41, 5.74) is 5.46. The van der Waals surface area contributed by atoms with E-state index in [1.165, 1.54) is 24.4 Å². The number of rotatable bonds is 1. The van der Waals surface area contributed by atoms with Crippen molar-refractivity contribution in [1.29, 1.82) is 0 Å². The molecular formula is C6H10N4S. The van der Waals surface area contributed by atoms with Gasteiger partial charge < -0.3 is 10.6 Å². The van der Waals surface area contributed by atoms with Crippen LogP contribution in [0.5, 0.6) is 0 Å². The summed E-state index contributed by atoms with van der Waals surface area (Å²) in [6.45, 7) is 2.16. The summed E-state index contributed by atoms with van der Waals surface area (Å²) in [5.74, 6) is 0.810. The Hall–Kier alpha value is -0.840. The van der Waals surface area contributed by atoms with Crippen molar-refractivity contribution in [3.63, 3.8) is 0 Å². The highest BCUT2D eigenvalue weighted by molar-refractivity contribution is 7.09. The minimum absolute atomic E-state index is 0.562. The molecule has 2 rings (SSSR count). The van der Waals surface area contributed by atoms with Gasteiger partial charge in [0.15, 0.2) is 0 Å². The summed E-state index contributed by atoms with van der Waals surface area (Å²) in [6.07, 6.45) is 2.50. The third-order valence-electron chi connectivity index (χ3n) is 1.82. The fraction of sp³-hybridized carbons (Fsp3) is 0.667. The highest BCUT2D eigenvalue weighted by atomic mass is 32.1. The molecule has 0 amide bonds. The number of hydrogen-bond donors (Lipinski definition) is 1. The molecule has 11 heavy (non-hydrogen) atoms. The van der Waals surface area contributed by atoms with E-state index >= 15 is 0 Å². The average Bonchev–Trinajstić information content (AvgIpc) is 2.55. The molecule has 0 atom stereocenters. The Balaban J connectivity index is 2.15. The Morgan fingerprint density at radius 3 is 2.64 bits per heavy atom. The lowest BCUT2D eigenvalue weighted by Gasteiger charge is -2.10. The summed E-state index contributed by atoms with van der Waals surface area (Å²) < 4.78 is 4.13. The zero-order valence-electron chi connectivity index (χ0n) is 6.16. The standard InChI is InChI=1S/C6H10N4S/c7-5-8-6(9-11-5)10-3-1-2-4-10/h1-4H2,(H2,7,8,9). The molecule has 0 radical (unpaired) electrons. The first-order chi connectivity index (χ1) is 5.36. The van der Waals surface area contributed by atoms with E-state index in [9.17, 15) is 0 Å². The molecule has 1 aliphatic rings. The minimum atomic E-state index is 0.562. The summed E-state index contributed by atoms with van der Waals surface area (Å²) in [5, 5.41) is 0.562. The normalized spacial score (nSPS) is 17.6. The summed E-state index contributed by atoms with van der Waals surface area (Å²) in [7, 11) is 0. The number of aromatic nitrogens is 2. The van der Waals surface area contributed by atoms with E-state index in [1.54, 1.807) is 0 Å². The molecule has 60 valence electrons. The molecule has 1 saturated heterocycles. The van der Waals surface area contributed by atoms with Crippen molar-refractivity contribution in [3.05, 3.63) is 0 Å². The highest BCUT2D eigenvalue weighted by Crippen LogP contribution is 2.19. The van der Waals surface area contributed by atoms with E-state index in [0.29, 0.717) is 5.13 Å². The van der Waals surface area contributed by atoms with Gasteiger partial charge in [0, 0.05) is 24.6 Å². The largest absolute Gasteiger partial charge is 0.374 e. The zero-order valence-corrected chi connectivity index (χ0v) is 6.97. The fourth-order valence-electron chi connectivity index (χ4n) is 1.27. The maximum absolute atomic E-state index is 5.46. The smallest absolute Gasteiger partial charge is 0.239 e. The van der Waals surface area contributed by atoms with E-state index in [4.69, 9.17) is 5.73 Å². The van der Waals surface area contributed by atoms with Gasteiger partial charge in [-0.05, 0) is 12.8 Å². The van der Waals surface area contributed by atoms with Crippen LogP contribution in [0, 0.1) is 0 Å². The van der Waals surface area contributed by atoms with E-state index in [1.807, 2.05) is 0 Å². The number of nitrogens with zero attached hydrogens (tertiary/aromatic N) is 3. The molecule has 1 aromatic heterocycles. The Kier molecular flexibility index (Phi) is 1.65. The molecule has 5 heteroatoms. The van der Waals surface area contributed by atoms with Gasteiger partial charge in [-0.3, -0.25) is 0 Å². The lowest BCUT2D eigenvalue weighted by Crippen LogP contribution is -2.18. The van der Waals surface area contributed by atoms with Crippen molar-refractivity contribution >= 4 is 22.6 Å². The second kappa shape index (κ2) is 2.65. The summed E-state index contributed by atoms with van der Waals surface area (Å²) in [4.78, 5) is 6.28. The first-order valence-electron chi connectivity index (χ1n) is 3.70. The number of hydrogen-bond acceptors (Lipinski definition) is 5. The highest BCUT2D eigenvalue weighted by Gasteiger charge is 2.15. The van der Waals surface area contributed by atoms with E-state index in [0.717, 1.165) is 19.0 Å². The van der Waals surface area contributed by atoms with Crippen molar-refractivity contribution in [2.75, 3.05) is 23.7 Å². The van der Waals surface area contributed by atoms with Crippen LogP contribution in [0.3, 0.4) is 0 Å². The SMILES string of the molecule is Nc1nc(N2CCCC2)ns1. The van der Waals surface area contributed by atoms with E-state index < -0.39 is 0 Å². The summed E-state index contributed by atoms with van der Waals surface area (Å²) in [6, 6.07) is 0. The van der Waals surface area contributed by atoms with Gasteiger partial charge in [-0.15, -0.1) is 0 Å². The minimum Gasteiger partial charge on any atom is -0.374 e. The monoisotopic (exact) mass is 170 g/mol. The zero-order chi connectivity index (χ0) is 7.68. The van der Waals surface area contributed by atoms with Crippen LogP contribution in [0.25, 0.3) is 0 Å². The van der Waals surface area contributed by atoms with Gasteiger partial charge in [0.2, 0.25) is 11.1 Å². The van der Waals surface area contributed by atoms with Crippen LogP contribution in [0.2, 0.25) is 0 Å². The Morgan fingerprint density at radius 2 is 2.09 bits per heavy atom. The quantitative estimate of drug-likeness (QED) is 0.674. The second-order valence-electron chi connectivity index (χ2n) is 2.63. The van der Waals surface area contributed by atoms with Crippen LogP contribution in [0.4, 0.5) is 11.1 Å². The molecule has 0 saturated carbocycles. The molecular weight excluding hydrogens is 160 g/mol. The van der Waals surface area contributed by atoms with Gasteiger partial charge in [0.25, 0.3) is 0 Å². The van der Waals surface area contributed by atoms with Crippen molar-refractivity contribution in [3.8, 4) is 0 Å². The van der Waals surface area contributed by atoms with Crippen LogP contribution in [0.1, 0.15) is 12.8 Å². The predicted octanol–water partition coefficient (Wildman–Crippen LogP) is 0.720. The first kappa shape index (κ1) is 6.84. The van der Waals surface area contributed by atoms with Crippen LogP contribution in [0.15, 0.2) is 0 Å². The maximum atomic E-state index is 5.46. The third-order valence-corrected chi connectivity index (χ3v) is 2.35. The van der Waals surface area contributed by atoms with Gasteiger partial charge >= 0.3 is 0 Å². The molecule has 4 nitrogen and oxygen atoms in total. The number of nitrogens with two attached hydrogens (primary N) is 1. The Morgan fingerprint density at radius 1 is 1.36 bits per heavy atom. The van der Waals surface area contributed by atoms with Gasteiger partial charge in [0.05, 0.1) is 0 Å². The maximum Gasteiger partial charge on any atom is 0.239 e. The average molecular weight is 170 g/mol. The predicted molar refractivity (Wildman–Crippen MR) is 45.8 cm³/mol. The molecule has 2 N–H and O–H groups in total. The third kappa shape index (κ3) is 1.28. The van der Waals surface area contributed by atoms with Crippen molar-refractivity contribution < 1.29 is 0 Å². The molecule has 0 aliphatic carbocycles. The van der Waals surface area contributed by atoms with Crippen molar-refractivity contribution in [2.24, 2.45) is 0 Å². The molecule has 0 bridgehead atoms. The molecule has 0 unspecified atom stereocenters. The van der Waals surface area contributed by atoms with E-state index in [-0.39, 0.29) is 0 Å². The number of nitrogen functional groups attached to an aromatic ring is 1. The molecule has 1 aromatic rings. The van der Waals surface area contributed by atoms with Crippen LogP contribution >= 0.6 is 11.5 Å². The Labute approximate surface area is 69.2 Å². The van der Waals surface area contributed by atoms with Gasteiger partial charge in [0.1, 0.15) is 0 Å². The van der Waals surface area contributed by atoms with Crippen LogP contribution in [-0.2, 0) is 0 Å². The summed E-state index contributed by atoms with van der Waals surface area (Å²) >= 11 is 1.27. The second-order valence-corrected chi connectivity index (χ2v) is 3.41. The van der Waals surface area contributed by atoms with Crippen molar-refractivity contribution in [1.82, 2.24) is 9.36 Å². The first-order valence-corrected chi connectivity index (χ1v) is 4.48.